The number of fused-ring (bicyclic) bond motifs is 2. The van der Waals surface area contributed by atoms with Gasteiger partial charge in [-0.25, -0.2) is 0 Å². The van der Waals surface area contributed by atoms with Gasteiger partial charge in [-0.05, 0) is 67.0 Å². The zero-order valence-electron chi connectivity index (χ0n) is 18.0. The monoisotopic (exact) mass is 446 g/mol. The molecule has 32 heavy (non-hydrogen) atoms. The summed E-state index contributed by atoms with van der Waals surface area (Å²) in [6.07, 6.45) is 2.86. The van der Waals surface area contributed by atoms with Crippen molar-refractivity contribution in [3.63, 3.8) is 0 Å². The summed E-state index contributed by atoms with van der Waals surface area (Å²) in [5, 5.41) is 4.96. The Morgan fingerprint density at radius 3 is 2.88 bits per heavy atom. The molecule has 2 amide bonds. The number of rotatable bonds is 4. The summed E-state index contributed by atoms with van der Waals surface area (Å²) in [6, 6.07) is 18.0. The molecular formula is C26H26N2O3S. The average Bonchev–Trinajstić information content (AvgIpc) is 3.27. The molecule has 0 saturated heterocycles. The summed E-state index contributed by atoms with van der Waals surface area (Å²) >= 11 is 1.57. The van der Waals surface area contributed by atoms with Crippen LogP contribution in [0.3, 0.4) is 0 Å². The molecular weight excluding hydrogens is 420 g/mol. The van der Waals surface area contributed by atoms with Gasteiger partial charge >= 0.3 is 0 Å². The highest BCUT2D eigenvalue weighted by molar-refractivity contribution is 7.10. The zero-order valence-corrected chi connectivity index (χ0v) is 18.9. The van der Waals surface area contributed by atoms with Crippen LogP contribution in [0.4, 0.5) is 5.69 Å². The predicted molar refractivity (Wildman–Crippen MR) is 126 cm³/mol. The molecule has 164 valence electrons. The number of ether oxygens (including phenoxy) is 1. The number of nitrogens with one attached hydrogen (secondary N) is 1. The van der Waals surface area contributed by atoms with E-state index in [0.29, 0.717) is 18.7 Å². The van der Waals surface area contributed by atoms with E-state index in [9.17, 15) is 9.59 Å². The van der Waals surface area contributed by atoms with Gasteiger partial charge in [-0.15, -0.1) is 11.3 Å². The third-order valence-corrected chi connectivity index (χ3v) is 7.12. The van der Waals surface area contributed by atoms with Crippen LogP contribution in [0.1, 0.15) is 47.4 Å². The molecule has 2 aliphatic rings. The Balaban J connectivity index is 1.41. The molecule has 0 fully saturated rings. The van der Waals surface area contributed by atoms with Gasteiger partial charge in [-0.2, -0.15) is 0 Å². The number of carbonyl (C=O) groups excluding carboxylic acids is 2. The number of anilines is 1. The summed E-state index contributed by atoms with van der Waals surface area (Å²) in [5.74, 6) is 0.657. The van der Waals surface area contributed by atoms with E-state index in [-0.39, 0.29) is 17.9 Å². The van der Waals surface area contributed by atoms with E-state index < -0.39 is 6.10 Å². The lowest BCUT2D eigenvalue weighted by Gasteiger charge is -2.35. The molecule has 2 atom stereocenters. The minimum Gasteiger partial charge on any atom is -0.481 e. The van der Waals surface area contributed by atoms with Gasteiger partial charge < -0.3 is 15.0 Å². The number of nitrogens with zero attached hydrogens (tertiary/aromatic N) is 1. The number of amides is 2. The van der Waals surface area contributed by atoms with Crippen LogP contribution in [-0.2, 0) is 29.0 Å². The molecule has 0 spiro atoms. The van der Waals surface area contributed by atoms with Crippen molar-refractivity contribution in [1.82, 2.24) is 4.90 Å². The number of hydrogen-bond donors (Lipinski definition) is 1. The van der Waals surface area contributed by atoms with Crippen LogP contribution in [0.15, 0.2) is 60.0 Å². The van der Waals surface area contributed by atoms with Crippen LogP contribution in [0, 0.1) is 0 Å². The van der Waals surface area contributed by atoms with E-state index in [1.807, 2.05) is 47.5 Å². The van der Waals surface area contributed by atoms with Gasteiger partial charge in [0.15, 0.2) is 6.10 Å². The van der Waals surface area contributed by atoms with E-state index in [1.165, 1.54) is 11.1 Å². The fourth-order valence-electron chi connectivity index (χ4n) is 4.72. The number of thiophene rings is 1. The Hall–Kier alpha value is -3.12. The van der Waals surface area contributed by atoms with Crippen molar-refractivity contribution in [1.29, 1.82) is 0 Å². The van der Waals surface area contributed by atoms with Crippen molar-refractivity contribution in [3.8, 4) is 5.75 Å². The molecule has 1 aliphatic carbocycles. The maximum Gasteiger partial charge on any atom is 0.264 e. The maximum atomic E-state index is 13.3. The zero-order chi connectivity index (χ0) is 22.1. The van der Waals surface area contributed by atoms with E-state index in [4.69, 9.17) is 4.74 Å². The summed E-state index contributed by atoms with van der Waals surface area (Å²) in [5.41, 5.74) is 4.20. The van der Waals surface area contributed by atoms with E-state index >= 15 is 0 Å². The highest BCUT2D eigenvalue weighted by Crippen LogP contribution is 2.38. The molecule has 1 aromatic heterocycles. The normalized spacial score (nSPS) is 20.0. The van der Waals surface area contributed by atoms with Crippen molar-refractivity contribution >= 4 is 28.8 Å². The highest BCUT2D eigenvalue weighted by atomic mass is 32.1. The van der Waals surface area contributed by atoms with E-state index in [0.717, 1.165) is 35.4 Å². The Labute approximate surface area is 192 Å². The van der Waals surface area contributed by atoms with Gasteiger partial charge in [0.05, 0.1) is 19.0 Å². The molecule has 5 rings (SSSR count). The maximum absolute atomic E-state index is 13.3. The predicted octanol–water partition coefficient (Wildman–Crippen LogP) is 5.12. The van der Waals surface area contributed by atoms with Crippen molar-refractivity contribution < 1.29 is 14.3 Å². The molecule has 0 bridgehead atoms. The third-order valence-electron chi connectivity index (χ3n) is 6.25. The third kappa shape index (κ3) is 4.15. The Morgan fingerprint density at radius 1 is 1.16 bits per heavy atom. The second-order valence-corrected chi connectivity index (χ2v) is 9.49. The SMILES string of the molecule is C[C@@H]1Oc2ccc(NC(=O)Cc3cccs3)cc2CN([C@H]2CCCc3ccccc32)C1=O. The van der Waals surface area contributed by atoms with Gasteiger partial charge in [0.25, 0.3) is 5.91 Å². The van der Waals surface area contributed by atoms with Crippen molar-refractivity contribution in [2.45, 2.75) is 51.3 Å². The lowest BCUT2D eigenvalue weighted by atomic mass is 9.86. The van der Waals surface area contributed by atoms with Gasteiger partial charge in [0.2, 0.25) is 5.91 Å². The summed E-state index contributed by atoms with van der Waals surface area (Å²) < 4.78 is 6.02. The lowest BCUT2D eigenvalue weighted by molar-refractivity contribution is -0.140. The van der Waals surface area contributed by atoms with Crippen molar-refractivity contribution in [3.05, 3.63) is 81.5 Å². The Kier molecular flexibility index (Phi) is 5.70. The second-order valence-electron chi connectivity index (χ2n) is 8.46. The topological polar surface area (TPSA) is 58.6 Å². The van der Waals surface area contributed by atoms with Crippen molar-refractivity contribution in [2.24, 2.45) is 0 Å². The van der Waals surface area contributed by atoms with Crippen LogP contribution in [0.2, 0.25) is 0 Å². The molecule has 2 aromatic carbocycles. The van der Waals surface area contributed by atoms with Crippen LogP contribution in [0.25, 0.3) is 0 Å². The molecule has 5 nitrogen and oxygen atoms in total. The van der Waals surface area contributed by atoms with Gasteiger partial charge in [-0.1, -0.05) is 30.3 Å². The molecule has 0 saturated carbocycles. The Bertz CT molecular complexity index is 1140. The summed E-state index contributed by atoms with van der Waals surface area (Å²) in [7, 11) is 0. The largest absolute Gasteiger partial charge is 0.481 e. The number of aryl methyl sites for hydroxylation is 1. The Morgan fingerprint density at radius 2 is 2.03 bits per heavy atom. The van der Waals surface area contributed by atoms with Crippen LogP contribution in [0.5, 0.6) is 5.75 Å². The molecule has 2 heterocycles. The van der Waals surface area contributed by atoms with Gasteiger partial charge in [0.1, 0.15) is 5.75 Å². The smallest absolute Gasteiger partial charge is 0.264 e. The first kappa shape index (κ1) is 20.8. The summed E-state index contributed by atoms with van der Waals surface area (Å²) in [6.45, 7) is 2.28. The average molecular weight is 447 g/mol. The first-order chi connectivity index (χ1) is 15.6. The second kappa shape index (κ2) is 8.79. The molecule has 0 unspecified atom stereocenters. The minimum absolute atomic E-state index is 0.00573. The number of hydrogen-bond acceptors (Lipinski definition) is 4. The molecule has 6 heteroatoms. The van der Waals surface area contributed by atoms with Gasteiger partial charge in [-0.3, -0.25) is 9.59 Å². The van der Waals surface area contributed by atoms with Crippen molar-refractivity contribution in [2.75, 3.05) is 5.32 Å². The molecule has 1 aliphatic heterocycles. The van der Waals surface area contributed by atoms with E-state index in [1.54, 1.807) is 11.3 Å². The van der Waals surface area contributed by atoms with E-state index in [2.05, 4.69) is 29.6 Å². The number of benzene rings is 2. The quantitative estimate of drug-likeness (QED) is 0.605. The molecule has 0 radical (unpaired) electrons. The first-order valence-electron chi connectivity index (χ1n) is 11.1. The lowest BCUT2D eigenvalue weighted by Crippen LogP contribution is -2.41. The summed E-state index contributed by atoms with van der Waals surface area (Å²) in [4.78, 5) is 28.8. The number of carbonyl (C=O) groups is 2. The molecule has 3 aromatic rings. The fourth-order valence-corrected chi connectivity index (χ4v) is 5.43. The minimum atomic E-state index is -0.551. The first-order valence-corrected chi connectivity index (χ1v) is 12.0. The van der Waals surface area contributed by atoms with Gasteiger partial charge in [0, 0.05) is 16.1 Å². The van der Waals surface area contributed by atoms with Crippen LogP contribution >= 0.6 is 11.3 Å². The van der Waals surface area contributed by atoms with Crippen LogP contribution in [-0.4, -0.2) is 22.8 Å². The highest BCUT2D eigenvalue weighted by Gasteiger charge is 2.35. The standard InChI is InChI=1S/C26H26N2O3S/c1-17-26(30)28(23-10-4-7-18-6-2-3-9-22(18)23)16-19-14-20(11-12-24(19)31-17)27-25(29)15-21-8-5-13-32-21/h2-3,5-6,8-9,11-14,17,23H,4,7,10,15-16H2,1H3,(H,27,29)/t17-,23-/m0/s1. The van der Waals surface area contributed by atoms with Crippen LogP contribution < -0.4 is 10.1 Å². The fraction of sp³-hybridized carbons (Fsp3) is 0.308. The molecule has 1 N–H and O–H groups in total.